The molecule has 0 saturated heterocycles. The Labute approximate surface area is 156 Å². The molecule has 5 nitrogen and oxygen atoms in total. The Morgan fingerprint density at radius 1 is 1.07 bits per heavy atom. The van der Waals surface area contributed by atoms with Crippen LogP contribution in [0.4, 0.5) is 30.6 Å². The number of nitrogen functional groups attached to an aromatic ring is 1. The summed E-state index contributed by atoms with van der Waals surface area (Å²) in [6.45, 7) is 7.88. The average Bonchev–Trinajstić information content (AvgIpc) is 2.66. The minimum atomic E-state index is -1.07. The highest BCUT2D eigenvalue weighted by Gasteiger charge is 2.21. The Morgan fingerprint density at radius 2 is 1.78 bits per heavy atom. The van der Waals surface area contributed by atoms with Crippen LogP contribution >= 0.6 is 0 Å². The summed E-state index contributed by atoms with van der Waals surface area (Å²) in [5, 5.41) is -0.0947. The first kappa shape index (κ1) is 20.4. The standard InChI is InChI=1S/C17H16F3N5.C2H6/c1-3-25(11-7-9(2)6-10(18)8-11)16-14-13(22-17(23-16)24-21)5-4-12(19)15(14)20;1-2/h4-8H,3,21H2,1-2H3,(H,22,23,24);1-2H3. The van der Waals surface area contributed by atoms with Crippen LogP contribution < -0.4 is 16.2 Å². The SMILES string of the molecule is CC.CCN(c1cc(C)cc(F)c1)c1nc(NN)nc2ccc(F)c(F)c12. The lowest BCUT2D eigenvalue weighted by atomic mass is 10.1. The molecule has 0 atom stereocenters. The van der Waals surface area contributed by atoms with Gasteiger partial charge in [-0.15, -0.1) is 0 Å². The van der Waals surface area contributed by atoms with Crippen molar-refractivity contribution in [3.05, 3.63) is 53.3 Å². The van der Waals surface area contributed by atoms with Crippen molar-refractivity contribution in [2.75, 3.05) is 16.9 Å². The summed E-state index contributed by atoms with van der Waals surface area (Å²) < 4.78 is 42.0. The van der Waals surface area contributed by atoms with Gasteiger partial charge in [0.15, 0.2) is 11.6 Å². The van der Waals surface area contributed by atoms with E-state index in [4.69, 9.17) is 5.84 Å². The highest BCUT2D eigenvalue weighted by atomic mass is 19.2. The smallest absolute Gasteiger partial charge is 0.239 e. The largest absolute Gasteiger partial charge is 0.326 e. The Balaban J connectivity index is 0.00000126. The molecule has 0 aliphatic carbocycles. The highest BCUT2D eigenvalue weighted by Crippen LogP contribution is 2.34. The summed E-state index contributed by atoms with van der Waals surface area (Å²) in [5.41, 5.74) is 3.65. The number of nitrogens with zero attached hydrogens (tertiary/aromatic N) is 3. The molecular weight excluding hydrogens is 355 g/mol. The molecule has 0 spiro atoms. The number of halogens is 3. The second kappa shape index (κ2) is 8.68. The van der Waals surface area contributed by atoms with Crippen molar-refractivity contribution >= 4 is 28.4 Å². The van der Waals surface area contributed by atoms with E-state index in [1.165, 1.54) is 18.2 Å². The van der Waals surface area contributed by atoms with E-state index in [0.29, 0.717) is 17.8 Å². The molecule has 27 heavy (non-hydrogen) atoms. The third-order valence-electron chi connectivity index (χ3n) is 3.77. The third-order valence-corrected chi connectivity index (χ3v) is 3.77. The van der Waals surface area contributed by atoms with E-state index in [1.807, 2.05) is 13.8 Å². The van der Waals surface area contributed by atoms with Crippen molar-refractivity contribution in [2.24, 2.45) is 5.84 Å². The summed E-state index contributed by atoms with van der Waals surface area (Å²) in [4.78, 5) is 9.80. The van der Waals surface area contributed by atoms with Crippen molar-refractivity contribution in [3.63, 3.8) is 0 Å². The number of hydrogen-bond donors (Lipinski definition) is 2. The van der Waals surface area contributed by atoms with Gasteiger partial charge in [-0.2, -0.15) is 4.98 Å². The van der Waals surface area contributed by atoms with Crippen LogP contribution in [0.2, 0.25) is 0 Å². The van der Waals surface area contributed by atoms with Crippen LogP contribution in [0.25, 0.3) is 10.9 Å². The average molecular weight is 377 g/mol. The fraction of sp³-hybridized carbons (Fsp3) is 0.263. The van der Waals surface area contributed by atoms with Gasteiger partial charge < -0.3 is 4.90 Å². The van der Waals surface area contributed by atoms with E-state index in [2.05, 4.69) is 15.4 Å². The molecule has 0 aliphatic heterocycles. The lowest BCUT2D eigenvalue weighted by molar-refractivity contribution is 0.516. The second-order valence-corrected chi connectivity index (χ2v) is 5.50. The molecular formula is C19H22F3N5. The van der Waals surface area contributed by atoms with E-state index in [9.17, 15) is 13.2 Å². The van der Waals surface area contributed by atoms with Gasteiger partial charge >= 0.3 is 0 Å². The van der Waals surface area contributed by atoms with Crippen LogP contribution in [-0.4, -0.2) is 16.5 Å². The number of benzene rings is 2. The van der Waals surface area contributed by atoms with Crippen molar-refractivity contribution in [3.8, 4) is 0 Å². The molecule has 0 fully saturated rings. The van der Waals surface area contributed by atoms with Gasteiger partial charge in [0, 0.05) is 12.2 Å². The van der Waals surface area contributed by atoms with Gasteiger partial charge in [-0.1, -0.05) is 13.8 Å². The zero-order valence-corrected chi connectivity index (χ0v) is 15.6. The van der Waals surface area contributed by atoms with Gasteiger partial charge in [-0.25, -0.2) is 24.0 Å². The molecule has 0 amide bonds. The molecule has 144 valence electrons. The molecule has 0 bridgehead atoms. The molecule has 3 N–H and O–H groups in total. The summed E-state index contributed by atoms with van der Waals surface area (Å²) in [5.74, 6) is 3.01. The fourth-order valence-electron chi connectivity index (χ4n) is 2.73. The van der Waals surface area contributed by atoms with Crippen LogP contribution in [0.5, 0.6) is 0 Å². The minimum absolute atomic E-state index is 0.0417. The Bertz CT molecular complexity index is 926. The molecule has 0 saturated carbocycles. The zero-order valence-electron chi connectivity index (χ0n) is 15.6. The third kappa shape index (κ3) is 4.11. The maximum absolute atomic E-state index is 14.5. The van der Waals surface area contributed by atoms with Gasteiger partial charge in [0.25, 0.3) is 0 Å². The van der Waals surface area contributed by atoms with Crippen molar-refractivity contribution in [1.82, 2.24) is 9.97 Å². The Morgan fingerprint density at radius 3 is 2.37 bits per heavy atom. The van der Waals surface area contributed by atoms with Gasteiger partial charge in [-0.3, -0.25) is 5.43 Å². The number of nitrogens with one attached hydrogen (secondary N) is 1. The summed E-state index contributed by atoms with van der Waals surface area (Å²) in [6.07, 6.45) is 0. The van der Waals surface area contributed by atoms with Gasteiger partial charge in [0.05, 0.1) is 10.9 Å². The van der Waals surface area contributed by atoms with Crippen LogP contribution in [0.3, 0.4) is 0 Å². The van der Waals surface area contributed by atoms with E-state index < -0.39 is 17.5 Å². The van der Waals surface area contributed by atoms with Crippen molar-refractivity contribution in [1.29, 1.82) is 0 Å². The fourth-order valence-corrected chi connectivity index (χ4v) is 2.73. The van der Waals surface area contributed by atoms with Gasteiger partial charge in [-0.05, 0) is 49.7 Å². The first-order valence-electron chi connectivity index (χ1n) is 8.61. The maximum Gasteiger partial charge on any atom is 0.239 e. The number of nitrogens with two attached hydrogens (primary N) is 1. The molecule has 1 aromatic heterocycles. The van der Waals surface area contributed by atoms with E-state index in [0.717, 1.165) is 6.07 Å². The van der Waals surface area contributed by atoms with E-state index >= 15 is 0 Å². The summed E-state index contributed by atoms with van der Waals surface area (Å²) in [6, 6.07) is 6.73. The quantitative estimate of drug-likeness (QED) is 0.504. The molecule has 8 heteroatoms. The van der Waals surface area contributed by atoms with Gasteiger partial charge in [0.1, 0.15) is 11.6 Å². The lowest BCUT2D eigenvalue weighted by Crippen LogP contribution is -2.21. The number of aromatic nitrogens is 2. The highest BCUT2D eigenvalue weighted by molar-refractivity contribution is 5.93. The second-order valence-electron chi connectivity index (χ2n) is 5.50. The molecule has 1 heterocycles. The monoisotopic (exact) mass is 377 g/mol. The number of anilines is 3. The number of hydrogen-bond acceptors (Lipinski definition) is 5. The first-order valence-corrected chi connectivity index (χ1v) is 8.61. The molecule has 0 unspecified atom stereocenters. The predicted octanol–water partition coefficient (Wildman–Crippen LogP) is 4.83. The molecule has 3 rings (SSSR count). The minimum Gasteiger partial charge on any atom is -0.326 e. The number of rotatable bonds is 4. The maximum atomic E-state index is 14.5. The summed E-state index contributed by atoms with van der Waals surface area (Å²) >= 11 is 0. The first-order chi connectivity index (χ1) is 12.9. The Hall–Kier alpha value is -2.87. The van der Waals surface area contributed by atoms with Crippen LogP contribution in [-0.2, 0) is 0 Å². The molecule has 2 aromatic carbocycles. The predicted molar refractivity (Wildman–Crippen MR) is 102 cm³/mol. The Kier molecular flexibility index (Phi) is 6.57. The topological polar surface area (TPSA) is 67.1 Å². The van der Waals surface area contributed by atoms with Crippen LogP contribution in [0.15, 0.2) is 30.3 Å². The molecule has 0 aliphatic rings. The summed E-state index contributed by atoms with van der Waals surface area (Å²) in [7, 11) is 0. The van der Waals surface area contributed by atoms with Crippen LogP contribution in [0.1, 0.15) is 26.3 Å². The molecule has 0 radical (unpaired) electrons. The van der Waals surface area contributed by atoms with Crippen molar-refractivity contribution < 1.29 is 13.2 Å². The zero-order chi connectivity index (χ0) is 20.1. The van der Waals surface area contributed by atoms with E-state index in [-0.39, 0.29) is 22.7 Å². The van der Waals surface area contributed by atoms with E-state index in [1.54, 1.807) is 24.8 Å². The normalized spacial score (nSPS) is 10.4. The molecule has 3 aromatic rings. The number of hydrazine groups is 1. The van der Waals surface area contributed by atoms with Crippen LogP contribution in [0, 0.1) is 24.4 Å². The van der Waals surface area contributed by atoms with Crippen molar-refractivity contribution in [2.45, 2.75) is 27.7 Å². The van der Waals surface area contributed by atoms with Gasteiger partial charge in [0.2, 0.25) is 5.95 Å². The number of fused-ring (bicyclic) bond motifs is 1. The lowest BCUT2D eigenvalue weighted by Gasteiger charge is -2.24. The number of aryl methyl sites for hydroxylation is 1.